The summed E-state index contributed by atoms with van der Waals surface area (Å²) in [4.78, 5) is 72.4. The molecular formula is C68H132O17P2. The molecule has 0 bridgehead atoms. The van der Waals surface area contributed by atoms with Gasteiger partial charge in [-0.2, -0.15) is 0 Å². The number of ether oxygens (including phenoxy) is 4. The van der Waals surface area contributed by atoms with E-state index in [1.54, 1.807) is 0 Å². The van der Waals surface area contributed by atoms with Crippen LogP contribution in [0.5, 0.6) is 0 Å². The average Bonchev–Trinajstić information content (AvgIpc) is 3.62. The van der Waals surface area contributed by atoms with Crippen molar-refractivity contribution in [1.29, 1.82) is 0 Å². The third-order valence-corrected chi connectivity index (χ3v) is 18.0. The van der Waals surface area contributed by atoms with Gasteiger partial charge in [-0.25, -0.2) is 9.13 Å². The van der Waals surface area contributed by atoms with Gasteiger partial charge in [-0.3, -0.25) is 37.3 Å². The Labute approximate surface area is 530 Å². The molecule has 87 heavy (non-hydrogen) atoms. The summed E-state index contributed by atoms with van der Waals surface area (Å²) < 4.78 is 68.2. The quantitative estimate of drug-likeness (QED) is 0.0222. The third-order valence-electron chi connectivity index (χ3n) is 16.1. The highest BCUT2D eigenvalue weighted by Crippen LogP contribution is 2.45. The molecule has 0 aromatic heterocycles. The summed E-state index contributed by atoms with van der Waals surface area (Å²) in [6, 6.07) is 0. The lowest BCUT2D eigenvalue weighted by Gasteiger charge is -2.21. The molecule has 17 nitrogen and oxygen atoms in total. The van der Waals surface area contributed by atoms with Crippen molar-refractivity contribution in [2.24, 2.45) is 5.92 Å². The maximum absolute atomic E-state index is 13.0. The number of esters is 4. The summed E-state index contributed by atoms with van der Waals surface area (Å²) in [6.07, 6.45) is 46.9. The Bertz CT molecular complexity index is 1690. The lowest BCUT2D eigenvalue weighted by atomic mass is 9.99. The summed E-state index contributed by atoms with van der Waals surface area (Å²) in [5.41, 5.74) is 0. The fourth-order valence-corrected chi connectivity index (χ4v) is 11.8. The smallest absolute Gasteiger partial charge is 0.462 e. The van der Waals surface area contributed by atoms with Crippen LogP contribution in [0.3, 0.4) is 0 Å². The number of aliphatic hydroxyl groups is 1. The molecule has 0 aromatic carbocycles. The normalized spacial score (nSPS) is 14.4. The van der Waals surface area contributed by atoms with Crippen LogP contribution in [0.15, 0.2) is 0 Å². The van der Waals surface area contributed by atoms with E-state index in [1.165, 1.54) is 173 Å². The molecule has 0 fully saturated rings. The lowest BCUT2D eigenvalue weighted by molar-refractivity contribution is -0.161. The second-order valence-corrected chi connectivity index (χ2v) is 27.7. The third kappa shape index (κ3) is 61.3. The molecule has 0 aromatic rings. The number of phosphoric acid groups is 2. The molecule has 0 aliphatic carbocycles. The maximum Gasteiger partial charge on any atom is 0.472 e. The second-order valence-electron chi connectivity index (χ2n) is 24.8. The van der Waals surface area contributed by atoms with Gasteiger partial charge in [0.1, 0.15) is 19.3 Å². The molecule has 0 saturated carbocycles. The summed E-state index contributed by atoms with van der Waals surface area (Å²) in [7, 11) is -9.89. The Morgan fingerprint density at radius 2 is 0.552 bits per heavy atom. The molecule has 516 valence electrons. The van der Waals surface area contributed by atoms with Crippen LogP contribution >= 0.6 is 15.6 Å². The molecular weight excluding hydrogens is 1150 g/mol. The van der Waals surface area contributed by atoms with Crippen molar-refractivity contribution in [3.8, 4) is 0 Å². The molecule has 0 aliphatic heterocycles. The summed E-state index contributed by atoms with van der Waals surface area (Å²) in [5.74, 6) is -1.32. The second kappa shape index (κ2) is 61.6. The molecule has 0 amide bonds. The Morgan fingerprint density at radius 1 is 0.322 bits per heavy atom. The maximum atomic E-state index is 13.0. The lowest BCUT2D eigenvalue weighted by Crippen LogP contribution is -2.30. The van der Waals surface area contributed by atoms with Gasteiger partial charge in [0.25, 0.3) is 0 Å². The fraction of sp³-hybridized carbons (Fsp3) is 0.941. The molecule has 0 aliphatic rings. The number of unbranched alkanes of at least 4 members (excludes halogenated alkanes) is 39. The Balaban J connectivity index is 5.25. The number of rotatable bonds is 68. The molecule has 0 saturated heterocycles. The van der Waals surface area contributed by atoms with Crippen molar-refractivity contribution in [3.63, 3.8) is 0 Å². The first kappa shape index (κ1) is 85.1. The molecule has 0 radical (unpaired) electrons. The van der Waals surface area contributed by atoms with Gasteiger partial charge in [-0.15, -0.1) is 0 Å². The number of phosphoric ester groups is 2. The fourth-order valence-electron chi connectivity index (χ4n) is 10.3. The van der Waals surface area contributed by atoms with Crippen molar-refractivity contribution in [3.05, 3.63) is 0 Å². The van der Waals surface area contributed by atoms with Gasteiger partial charge >= 0.3 is 39.5 Å². The standard InChI is InChI=1S/C68H132O17P2/c1-6-10-13-16-19-22-25-27-32-37-42-47-52-66(71)79-58-64(85-68(73)54-49-44-39-34-29-28-30-35-40-45-50-61(5)9-4)60-83-87(76,77)81-56-62(69)55-80-86(74,75)82-59-63(57-78-65(70)51-46-41-36-31-24-21-18-15-12-8-3)84-67(72)53-48-43-38-33-26-23-20-17-14-11-7-2/h61-64,69H,6-60H2,1-5H3,(H,74,75)(H,76,77)/t61?,62-,63+,64+/m0/s1. The first-order valence-electron chi connectivity index (χ1n) is 35.7. The average molecular weight is 1280 g/mol. The van der Waals surface area contributed by atoms with Crippen LogP contribution in [0, 0.1) is 5.92 Å². The zero-order chi connectivity index (χ0) is 64.2. The minimum Gasteiger partial charge on any atom is -0.462 e. The van der Waals surface area contributed by atoms with Gasteiger partial charge in [0.2, 0.25) is 0 Å². The van der Waals surface area contributed by atoms with Crippen LogP contribution in [-0.2, 0) is 65.4 Å². The van der Waals surface area contributed by atoms with Gasteiger partial charge in [0.15, 0.2) is 12.2 Å². The molecule has 3 unspecified atom stereocenters. The highest BCUT2D eigenvalue weighted by Gasteiger charge is 2.30. The van der Waals surface area contributed by atoms with E-state index in [0.717, 1.165) is 95.8 Å². The minimum atomic E-state index is -4.95. The summed E-state index contributed by atoms with van der Waals surface area (Å²) in [5, 5.41) is 10.6. The van der Waals surface area contributed by atoms with Gasteiger partial charge in [-0.1, -0.05) is 298 Å². The van der Waals surface area contributed by atoms with E-state index in [0.29, 0.717) is 25.7 Å². The van der Waals surface area contributed by atoms with Crippen LogP contribution in [0.4, 0.5) is 0 Å². The number of hydrogen-bond acceptors (Lipinski definition) is 15. The summed E-state index contributed by atoms with van der Waals surface area (Å²) in [6.45, 7) is 7.25. The molecule has 0 spiro atoms. The van der Waals surface area contributed by atoms with E-state index < -0.39 is 97.5 Å². The predicted molar refractivity (Wildman–Crippen MR) is 349 cm³/mol. The first-order valence-corrected chi connectivity index (χ1v) is 38.7. The number of carbonyl (C=O) groups excluding carboxylic acids is 4. The molecule has 6 atom stereocenters. The number of carbonyl (C=O) groups is 4. The van der Waals surface area contributed by atoms with Crippen molar-refractivity contribution in [1.82, 2.24) is 0 Å². The van der Waals surface area contributed by atoms with Crippen molar-refractivity contribution in [2.75, 3.05) is 39.6 Å². The molecule has 3 N–H and O–H groups in total. The van der Waals surface area contributed by atoms with Gasteiger partial charge in [-0.05, 0) is 31.6 Å². The molecule has 19 heteroatoms. The van der Waals surface area contributed by atoms with Gasteiger partial charge < -0.3 is 33.8 Å². The van der Waals surface area contributed by atoms with Crippen LogP contribution in [-0.4, -0.2) is 96.7 Å². The number of aliphatic hydroxyl groups excluding tert-OH is 1. The van der Waals surface area contributed by atoms with Gasteiger partial charge in [0.05, 0.1) is 26.4 Å². The van der Waals surface area contributed by atoms with E-state index in [4.69, 9.17) is 37.0 Å². The van der Waals surface area contributed by atoms with E-state index in [9.17, 15) is 43.2 Å². The highest BCUT2D eigenvalue weighted by atomic mass is 31.2. The van der Waals surface area contributed by atoms with E-state index >= 15 is 0 Å². The van der Waals surface area contributed by atoms with E-state index in [1.807, 2.05) is 0 Å². The van der Waals surface area contributed by atoms with E-state index in [2.05, 4.69) is 34.6 Å². The Kier molecular flexibility index (Phi) is 60.2. The highest BCUT2D eigenvalue weighted by molar-refractivity contribution is 7.47. The van der Waals surface area contributed by atoms with Crippen molar-refractivity contribution < 1.29 is 80.2 Å². The minimum absolute atomic E-state index is 0.107. The van der Waals surface area contributed by atoms with Gasteiger partial charge in [0, 0.05) is 25.7 Å². The van der Waals surface area contributed by atoms with Crippen LogP contribution in [0.25, 0.3) is 0 Å². The monoisotopic (exact) mass is 1280 g/mol. The largest absolute Gasteiger partial charge is 0.472 e. The molecule has 0 heterocycles. The SMILES string of the molecule is CCCCCCCCCCCCCCC(=O)OC[C@H](COP(=O)(O)OC[C@@H](O)COP(=O)(O)OC[C@@H](COC(=O)CCCCCCCCCCCC)OC(=O)CCCCCCCCCCCCC)OC(=O)CCCCCCCCCCCCC(C)CC. The topological polar surface area (TPSA) is 237 Å². The van der Waals surface area contributed by atoms with Crippen LogP contribution < -0.4 is 0 Å². The number of hydrogen-bond donors (Lipinski definition) is 3. The zero-order valence-electron chi connectivity index (χ0n) is 56.2. The zero-order valence-corrected chi connectivity index (χ0v) is 57.9. The Morgan fingerprint density at radius 3 is 0.816 bits per heavy atom. The summed E-state index contributed by atoms with van der Waals surface area (Å²) >= 11 is 0. The van der Waals surface area contributed by atoms with E-state index in [-0.39, 0.29) is 25.7 Å². The van der Waals surface area contributed by atoms with Crippen LogP contribution in [0.1, 0.15) is 349 Å². The predicted octanol–water partition coefficient (Wildman–Crippen LogP) is 19.4. The van der Waals surface area contributed by atoms with Crippen LogP contribution in [0.2, 0.25) is 0 Å². The Hall–Kier alpha value is -1.94. The van der Waals surface area contributed by atoms with Crippen molar-refractivity contribution in [2.45, 2.75) is 368 Å². The molecule has 0 rings (SSSR count). The first-order chi connectivity index (χ1) is 42.1. The van der Waals surface area contributed by atoms with Crippen molar-refractivity contribution >= 4 is 39.5 Å².